The minimum absolute atomic E-state index is 0.273. The van der Waals surface area contributed by atoms with Crippen molar-refractivity contribution >= 4 is 11.4 Å². The topological polar surface area (TPSA) is 49.5 Å². The summed E-state index contributed by atoms with van der Waals surface area (Å²) in [6, 6.07) is 7.82. The van der Waals surface area contributed by atoms with Crippen molar-refractivity contribution in [1.82, 2.24) is 0 Å². The monoisotopic (exact) mass is 194 g/mol. The van der Waals surface area contributed by atoms with Crippen LogP contribution in [-0.4, -0.2) is 25.3 Å². The van der Waals surface area contributed by atoms with Crippen LogP contribution in [-0.2, 0) is 0 Å². The van der Waals surface area contributed by atoms with Crippen LogP contribution in [0.25, 0.3) is 0 Å². The van der Waals surface area contributed by atoms with E-state index >= 15 is 0 Å². The summed E-state index contributed by atoms with van der Waals surface area (Å²) in [5.74, 6) is 0. The molecule has 3 N–H and O–H groups in total. The van der Waals surface area contributed by atoms with Crippen LogP contribution < -0.4 is 10.6 Å². The van der Waals surface area contributed by atoms with Crippen LogP contribution in [0.4, 0.5) is 11.4 Å². The lowest BCUT2D eigenvalue weighted by molar-refractivity contribution is 0.285. The third kappa shape index (κ3) is 3.26. The van der Waals surface area contributed by atoms with Gasteiger partial charge in [0.2, 0.25) is 0 Å². The third-order valence-corrected chi connectivity index (χ3v) is 2.24. The second kappa shape index (κ2) is 5.50. The predicted octanol–water partition coefficient (Wildman–Crippen LogP) is 1.48. The Bertz CT molecular complexity index is 258. The van der Waals surface area contributed by atoms with Gasteiger partial charge in [0.05, 0.1) is 0 Å². The fourth-order valence-electron chi connectivity index (χ4n) is 1.32. The summed E-state index contributed by atoms with van der Waals surface area (Å²) in [5, 5.41) is 8.65. The van der Waals surface area contributed by atoms with Crippen molar-refractivity contribution in [1.29, 1.82) is 0 Å². The van der Waals surface area contributed by atoms with E-state index in [9.17, 15) is 0 Å². The second-order valence-electron chi connectivity index (χ2n) is 3.44. The molecule has 3 nitrogen and oxygen atoms in total. The minimum atomic E-state index is 0.273. The number of rotatable bonds is 5. The Labute approximate surface area is 85.2 Å². The molecule has 3 heteroatoms. The Hall–Kier alpha value is -1.22. The lowest BCUT2D eigenvalue weighted by Gasteiger charge is -2.18. The summed E-state index contributed by atoms with van der Waals surface area (Å²) < 4.78 is 0. The Balaban J connectivity index is 2.43. The molecule has 1 aromatic carbocycles. The Kier molecular flexibility index (Phi) is 4.26. The van der Waals surface area contributed by atoms with Crippen molar-refractivity contribution < 1.29 is 5.11 Å². The molecule has 0 radical (unpaired) electrons. The number of unbranched alkanes of at least 4 members (excludes halogenated alkanes) is 1. The normalized spacial score (nSPS) is 10.1. The van der Waals surface area contributed by atoms with E-state index in [1.807, 2.05) is 31.3 Å². The van der Waals surface area contributed by atoms with Crippen molar-refractivity contribution in [2.45, 2.75) is 12.8 Å². The molecular formula is C11H18N2O. The SMILES string of the molecule is CN(CCCCO)c1ccc(N)cc1. The molecule has 0 aromatic heterocycles. The van der Waals surface area contributed by atoms with E-state index in [2.05, 4.69) is 4.90 Å². The van der Waals surface area contributed by atoms with Gasteiger partial charge in [-0.2, -0.15) is 0 Å². The van der Waals surface area contributed by atoms with Crippen molar-refractivity contribution in [2.24, 2.45) is 0 Å². The minimum Gasteiger partial charge on any atom is -0.399 e. The molecule has 0 aliphatic rings. The number of aliphatic hydroxyl groups is 1. The van der Waals surface area contributed by atoms with E-state index in [0.29, 0.717) is 0 Å². The maximum absolute atomic E-state index is 8.65. The third-order valence-electron chi connectivity index (χ3n) is 2.24. The molecule has 0 fully saturated rings. The van der Waals surface area contributed by atoms with Crippen molar-refractivity contribution in [3.63, 3.8) is 0 Å². The first kappa shape index (κ1) is 10.9. The van der Waals surface area contributed by atoms with E-state index in [0.717, 1.165) is 30.8 Å². The Morgan fingerprint density at radius 3 is 2.43 bits per heavy atom. The van der Waals surface area contributed by atoms with Gasteiger partial charge in [-0.25, -0.2) is 0 Å². The molecule has 1 rings (SSSR count). The molecule has 0 saturated carbocycles. The summed E-state index contributed by atoms with van der Waals surface area (Å²) in [6.07, 6.45) is 1.87. The van der Waals surface area contributed by atoms with E-state index in [4.69, 9.17) is 10.8 Å². The summed E-state index contributed by atoms with van der Waals surface area (Å²) in [4.78, 5) is 2.16. The van der Waals surface area contributed by atoms with Crippen LogP contribution in [0, 0.1) is 0 Å². The highest BCUT2D eigenvalue weighted by atomic mass is 16.2. The molecule has 0 heterocycles. The van der Waals surface area contributed by atoms with Crippen molar-refractivity contribution in [3.05, 3.63) is 24.3 Å². The van der Waals surface area contributed by atoms with Crippen LogP contribution in [0.5, 0.6) is 0 Å². The number of nitrogens with two attached hydrogens (primary N) is 1. The molecule has 0 atom stereocenters. The number of nitrogen functional groups attached to an aromatic ring is 1. The number of aliphatic hydroxyl groups excluding tert-OH is 1. The van der Waals surface area contributed by atoms with Crippen LogP contribution in [0.2, 0.25) is 0 Å². The van der Waals surface area contributed by atoms with Gasteiger partial charge < -0.3 is 15.7 Å². The quantitative estimate of drug-likeness (QED) is 0.551. The molecule has 0 bridgehead atoms. The van der Waals surface area contributed by atoms with E-state index < -0.39 is 0 Å². The van der Waals surface area contributed by atoms with Crippen LogP contribution in [0.15, 0.2) is 24.3 Å². The molecular weight excluding hydrogens is 176 g/mol. The molecule has 0 spiro atoms. The highest BCUT2D eigenvalue weighted by Crippen LogP contribution is 2.14. The fraction of sp³-hybridized carbons (Fsp3) is 0.455. The Morgan fingerprint density at radius 1 is 1.21 bits per heavy atom. The molecule has 78 valence electrons. The molecule has 0 aliphatic heterocycles. The predicted molar refractivity (Wildman–Crippen MR) is 60.4 cm³/mol. The smallest absolute Gasteiger partial charge is 0.0431 e. The number of hydrogen-bond acceptors (Lipinski definition) is 3. The van der Waals surface area contributed by atoms with Gasteiger partial charge in [0.1, 0.15) is 0 Å². The highest BCUT2D eigenvalue weighted by Gasteiger charge is 1.99. The molecule has 14 heavy (non-hydrogen) atoms. The summed E-state index contributed by atoms with van der Waals surface area (Å²) >= 11 is 0. The number of hydrogen-bond donors (Lipinski definition) is 2. The summed E-state index contributed by atoms with van der Waals surface area (Å²) in [5.41, 5.74) is 7.55. The zero-order valence-electron chi connectivity index (χ0n) is 8.61. The zero-order valence-corrected chi connectivity index (χ0v) is 8.61. The van der Waals surface area contributed by atoms with Crippen molar-refractivity contribution in [2.75, 3.05) is 30.8 Å². The van der Waals surface area contributed by atoms with Crippen molar-refractivity contribution in [3.8, 4) is 0 Å². The molecule has 0 unspecified atom stereocenters. The molecule has 0 aliphatic carbocycles. The first-order valence-electron chi connectivity index (χ1n) is 4.91. The largest absolute Gasteiger partial charge is 0.399 e. The molecule has 0 amide bonds. The van der Waals surface area contributed by atoms with Crippen LogP contribution in [0.3, 0.4) is 0 Å². The van der Waals surface area contributed by atoms with E-state index in [1.54, 1.807) is 0 Å². The highest BCUT2D eigenvalue weighted by molar-refractivity contribution is 5.52. The second-order valence-corrected chi connectivity index (χ2v) is 3.44. The van der Waals surface area contributed by atoms with Gasteiger partial charge >= 0.3 is 0 Å². The lowest BCUT2D eigenvalue weighted by atomic mass is 10.2. The van der Waals surface area contributed by atoms with Gasteiger partial charge in [-0.3, -0.25) is 0 Å². The molecule has 0 saturated heterocycles. The van der Waals surface area contributed by atoms with Gasteiger partial charge in [0, 0.05) is 31.6 Å². The first-order chi connectivity index (χ1) is 6.74. The zero-order chi connectivity index (χ0) is 10.4. The van der Waals surface area contributed by atoms with Gasteiger partial charge in [-0.1, -0.05) is 0 Å². The van der Waals surface area contributed by atoms with E-state index in [1.165, 1.54) is 0 Å². The first-order valence-corrected chi connectivity index (χ1v) is 4.91. The lowest BCUT2D eigenvalue weighted by Crippen LogP contribution is -2.18. The number of nitrogens with zero attached hydrogens (tertiary/aromatic N) is 1. The van der Waals surface area contributed by atoms with E-state index in [-0.39, 0.29) is 6.61 Å². The summed E-state index contributed by atoms with van der Waals surface area (Å²) in [7, 11) is 2.04. The van der Waals surface area contributed by atoms with Gasteiger partial charge in [-0.05, 0) is 37.1 Å². The number of benzene rings is 1. The average molecular weight is 194 g/mol. The van der Waals surface area contributed by atoms with Gasteiger partial charge in [0.25, 0.3) is 0 Å². The average Bonchev–Trinajstić information content (AvgIpc) is 2.19. The standard InChI is InChI=1S/C11H18N2O/c1-13(8-2-3-9-14)11-6-4-10(12)5-7-11/h4-7,14H,2-3,8-9,12H2,1H3. The van der Waals surface area contributed by atoms with Gasteiger partial charge in [0.15, 0.2) is 0 Å². The number of anilines is 2. The van der Waals surface area contributed by atoms with Crippen LogP contribution in [0.1, 0.15) is 12.8 Å². The maximum Gasteiger partial charge on any atom is 0.0431 e. The van der Waals surface area contributed by atoms with Crippen LogP contribution >= 0.6 is 0 Å². The van der Waals surface area contributed by atoms with Gasteiger partial charge in [-0.15, -0.1) is 0 Å². The maximum atomic E-state index is 8.65. The Morgan fingerprint density at radius 2 is 1.86 bits per heavy atom. The summed E-state index contributed by atoms with van der Waals surface area (Å²) in [6.45, 7) is 1.24. The fourth-order valence-corrected chi connectivity index (χ4v) is 1.32. The molecule has 1 aromatic rings.